The maximum atomic E-state index is 12.4. The van der Waals surface area contributed by atoms with Gasteiger partial charge in [0.25, 0.3) is 5.91 Å². The number of carbonyl (C=O) groups excluding carboxylic acids is 1. The van der Waals surface area contributed by atoms with E-state index in [1.54, 1.807) is 24.9 Å². The first kappa shape index (κ1) is 18.4. The molecule has 0 fully saturated rings. The standard InChI is InChI=1S/C19H24N2O2S/c1-21(2)13-15-7-5-14(6-8-15)12-20-19(22)17-10-9-16(24-4)11-18(17)23-3/h5-11H,12-13H2,1-4H3,(H,20,22). The van der Waals surface area contributed by atoms with E-state index in [0.29, 0.717) is 17.9 Å². The van der Waals surface area contributed by atoms with Crippen LogP contribution in [0.25, 0.3) is 0 Å². The first-order valence-corrected chi connectivity index (χ1v) is 8.98. The fraction of sp³-hybridized carbons (Fsp3) is 0.316. The van der Waals surface area contributed by atoms with Crippen LogP contribution in [0.4, 0.5) is 0 Å². The molecule has 0 bridgehead atoms. The molecule has 2 rings (SSSR count). The number of carbonyl (C=O) groups is 1. The lowest BCUT2D eigenvalue weighted by Gasteiger charge is -2.12. The van der Waals surface area contributed by atoms with Crippen molar-refractivity contribution in [2.24, 2.45) is 0 Å². The molecule has 0 spiro atoms. The molecule has 1 N–H and O–H groups in total. The average Bonchev–Trinajstić information content (AvgIpc) is 2.59. The van der Waals surface area contributed by atoms with Gasteiger partial charge in [-0.3, -0.25) is 4.79 Å². The number of nitrogens with one attached hydrogen (secondary N) is 1. The second-order valence-electron chi connectivity index (χ2n) is 5.80. The van der Waals surface area contributed by atoms with Crippen molar-refractivity contribution in [3.05, 3.63) is 59.2 Å². The Morgan fingerprint density at radius 3 is 2.38 bits per heavy atom. The number of nitrogens with zero attached hydrogens (tertiary/aromatic N) is 1. The molecule has 2 aromatic carbocycles. The molecule has 0 radical (unpaired) electrons. The topological polar surface area (TPSA) is 41.6 Å². The summed E-state index contributed by atoms with van der Waals surface area (Å²) in [5.74, 6) is 0.470. The van der Waals surface area contributed by atoms with Crippen LogP contribution in [0.3, 0.4) is 0 Å². The summed E-state index contributed by atoms with van der Waals surface area (Å²) in [6, 6.07) is 13.9. The molecule has 4 nitrogen and oxygen atoms in total. The highest BCUT2D eigenvalue weighted by Crippen LogP contribution is 2.25. The summed E-state index contributed by atoms with van der Waals surface area (Å²) in [7, 11) is 5.67. The van der Waals surface area contributed by atoms with Crippen molar-refractivity contribution in [3.8, 4) is 5.75 Å². The number of rotatable bonds is 7. The monoisotopic (exact) mass is 344 g/mol. The van der Waals surface area contributed by atoms with E-state index in [4.69, 9.17) is 4.74 Å². The summed E-state index contributed by atoms with van der Waals surface area (Å²) >= 11 is 1.62. The Bertz CT molecular complexity index is 684. The summed E-state index contributed by atoms with van der Waals surface area (Å²) < 4.78 is 5.33. The van der Waals surface area contributed by atoms with Gasteiger partial charge in [0.05, 0.1) is 12.7 Å². The van der Waals surface area contributed by atoms with Crippen molar-refractivity contribution in [2.75, 3.05) is 27.5 Å². The minimum absolute atomic E-state index is 0.128. The third-order valence-corrected chi connectivity index (χ3v) is 4.35. The van der Waals surface area contributed by atoms with Crippen molar-refractivity contribution in [2.45, 2.75) is 18.0 Å². The average molecular weight is 344 g/mol. The first-order valence-electron chi connectivity index (χ1n) is 7.76. The van der Waals surface area contributed by atoms with Crippen LogP contribution in [0, 0.1) is 0 Å². The van der Waals surface area contributed by atoms with E-state index < -0.39 is 0 Å². The quantitative estimate of drug-likeness (QED) is 0.782. The molecule has 0 heterocycles. The van der Waals surface area contributed by atoms with E-state index in [1.807, 2.05) is 44.6 Å². The van der Waals surface area contributed by atoms with Gasteiger partial charge in [0.2, 0.25) is 0 Å². The van der Waals surface area contributed by atoms with Gasteiger partial charge in [0.15, 0.2) is 0 Å². The van der Waals surface area contributed by atoms with Gasteiger partial charge < -0.3 is 15.0 Å². The van der Waals surface area contributed by atoms with Gasteiger partial charge >= 0.3 is 0 Å². The van der Waals surface area contributed by atoms with Crippen LogP contribution in [-0.4, -0.2) is 38.3 Å². The van der Waals surface area contributed by atoms with Crippen LogP contribution >= 0.6 is 11.8 Å². The molecule has 0 aliphatic carbocycles. The van der Waals surface area contributed by atoms with Crippen LogP contribution < -0.4 is 10.1 Å². The number of ether oxygens (including phenoxy) is 1. The lowest BCUT2D eigenvalue weighted by Crippen LogP contribution is -2.23. The SMILES string of the molecule is COc1cc(SC)ccc1C(=O)NCc1ccc(CN(C)C)cc1. The fourth-order valence-corrected chi connectivity index (χ4v) is 2.82. The summed E-state index contributed by atoms with van der Waals surface area (Å²) in [5.41, 5.74) is 2.88. The van der Waals surface area contributed by atoms with Crippen molar-refractivity contribution in [1.29, 1.82) is 0 Å². The largest absolute Gasteiger partial charge is 0.496 e. The van der Waals surface area contributed by atoms with Gasteiger partial charge in [0.1, 0.15) is 5.75 Å². The van der Waals surface area contributed by atoms with Gasteiger partial charge in [-0.2, -0.15) is 0 Å². The van der Waals surface area contributed by atoms with E-state index in [0.717, 1.165) is 17.0 Å². The highest BCUT2D eigenvalue weighted by atomic mass is 32.2. The zero-order chi connectivity index (χ0) is 17.5. The number of amides is 1. The van der Waals surface area contributed by atoms with Crippen LogP contribution in [0.1, 0.15) is 21.5 Å². The maximum absolute atomic E-state index is 12.4. The molecular formula is C19H24N2O2S. The van der Waals surface area contributed by atoms with Gasteiger partial charge in [-0.25, -0.2) is 0 Å². The Kier molecular flexibility index (Phi) is 6.70. The third-order valence-electron chi connectivity index (χ3n) is 3.63. The normalized spacial score (nSPS) is 10.7. The Hall–Kier alpha value is -1.98. The number of thioether (sulfide) groups is 1. The lowest BCUT2D eigenvalue weighted by molar-refractivity contribution is 0.0948. The van der Waals surface area contributed by atoms with Crippen molar-refractivity contribution in [1.82, 2.24) is 10.2 Å². The minimum Gasteiger partial charge on any atom is -0.496 e. The van der Waals surface area contributed by atoms with E-state index in [2.05, 4.69) is 22.3 Å². The second kappa shape index (κ2) is 8.76. The van der Waals surface area contributed by atoms with Gasteiger partial charge in [-0.15, -0.1) is 11.8 Å². The Balaban J connectivity index is 2.00. The Morgan fingerprint density at radius 1 is 1.12 bits per heavy atom. The molecular weight excluding hydrogens is 320 g/mol. The third kappa shape index (κ3) is 5.01. The molecule has 2 aromatic rings. The molecule has 0 saturated heterocycles. The van der Waals surface area contributed by atoms with E-state index in [9.17, 15) is 4.79 Å². The molecule has 0 aromatic heterocycles. The van der Waals surface area contributed by atoms with E-state index >= 15 is 0 Å². The molecule has 0 aliphatic heterocycles. The highest BCUT2D eigenvalue weighted by molar-refractivity contribution is 7.98. The molecule has 0 unspecified atom stereocenters. The predicted octanol–water partition coefficient (Wildman–Crippen LogP) is 3.41. The van der Waals surface area contributed by atoms with Crippen LogP contribution in [-0.2, 0) is 13.1 Å². The lowest BCUT2D eigenvalue weighted by atomic mass is 10.1. The molecule has 0 saturated carbocycles. The van der Waals surface area contributed by atoms with Crippen LogP contribution in [0.5, 0.6) is 5.75 Å². The van der Waals surface area contributed by atoms with Crippen LogP contribution in [0.2, 0.25) is 0 Å². The van der Waals surface area contributed by atoms with Gasteiger partial charge in [0, 0.05) is 18.0 Å². The molecule has 0 aliphatic rings. The number of benzene rings is 2. The van der Waals surface area contributed by atoms with Gasteiger partial charge in [-0.05, 0) is 49.7 Å². The van der Waals surface area contributed by atoms with Gasteiger partial charge in [-0.1, -0.05) is 24.3 Å². The number of hydrogen-bond donors (Lipinski definition) is 1. The first-order chi connectivity index (χ1) is 11.5. The molecule has 0 atom stereocenters. The predicted molar refractivity (Wildman–Crippen MR) is 99.8 cm³/mol. The summed E-state index contributed by atoms with van der Waals surface area (Å²) in [6.45, 7) is 1.40. The van der Waals surface area contributed by atoms with Crippen molar-refractivity contribution < 1.29 is 9.53 Å². The fourth-order valence-electron chi connectivity index (χ4n) is 2.39. The van der Waals surface area contributed by atoms with E-state index in [1.165, 1.54) is 5.56 Å². The zero-order valence-electron chi connectivity index (χ0n) is 14.6. The maximum Gasteiger partial charge on any atom is 0.255 e. The minimum atomic E-state index is -0.128. The smallest absolute Gasteiger partial charge is 0.255 e. The highest BCUT2D eigenvalue weighted by Gasteiger charge is 2.12. The summed E-state index contributed by atoms with van der Waals surface area (Å²) in [4.78, 5) is 15.6. The zero-order valence-corrected chi connectivity index (χ0v) is 15.4. The molecule has 5 heteroatoms. The van der Waals surface area contributed by atoms with E-state index in [-0.39, 0.29) is 5.91 Å². The Labute approximate surface area is 148 Å². The Morgan fingerprint density at radius 2 is 1.79 bits per heavy atom. The summed E-state index contributed by atoms with van der Waals surface area (Å²) in [5, 5.41) is 2.95. The van der Waals surface area contributed by atoms with Crippen molar-refractivity contribution in [3.63, 3.8) is 0 Å². The number of methoxy groups -OCH3 is 1. The molecule has 128 valence electrons. The second-order valence-corrected chi connectivity index (χ2v) is 6.68. The van der Waals surface area contributed by atoms with Crippen molar-refractivity contribution >= 4 is 17.7 Å². The molecule has 1 amide bonds. The molecule has 24 heavy (non-hydrogen) atoms. The number of hydrogen-bond acceptors (Lipinski definition) is 4. The van der Waals surface area contributed by atoms with Crippen LogP contribution in [0.15, 0.2) is 47.4 Å². The summed E-state index contributed by atoms with van der Waals surface area (Å²) in [6.07, 6.45) is 1.99.